The first-order valence-electron chi connectivity index (χ1n) is 11.5. The lowest BCUT2D eigenvalue weighted by Gasteiger charge is -2.50. The van der Waals surface area contributed by atoms with Gasteiger partial charge in [-0.2, -0.15) is 17.7 Å². The summed E-state index contributed by atoms with van der Waals surface area (Å²) in [5.74, 6) is 1.37. The van der Waals surface area contributed by atoms with E-state index in [1.165, 1.54) is 23.4 Å². The topological polar surface area (TPSA) is 92.5 Å². The molecule has 0 unspecified atom stereocenters. The van der Waals surface area contributed by atoms with Gasteiger partial charge in [0.15, 0.2) is 17.4 Å². The molecule has 0 aromatic carbocycles. The maximum absolute atomic E-state index is 13.2. The Hall–Kier alpha value is -3.15. The molecule has 2 N–H and O–H groups in total. The van der Waals surface area contributed by atoms with E-state index in [1.807, 2.05) is 7.05 Å². The lowest BCUT2D eigenvalue weighted by atomic mass is 9.60. The number of hydrogen-bond donors (Lipinski definition) is 2. The van der Waals surface area contributed by atoms with E-state index >= 15 is 0 Å². The number of halogens is 3. The summed E-state index contributed by atoms with van der Waals surface area (Å²) in [6, 6.07) is 2.71. The number of anilines is 2. The first kappa shape index (κ1) is 21.4. The Bertz CT molecular complexity index is 1230. The van der Waals surface area contributed by atoms with Gasteiger partial charge in [-0.25, -0.2) is 0 Å². The number of hydrogen-bond acceptors (Lipinski definition) is 8. The van der Waals surface area contributed by atoms with Crippen LogP contribution in [0, 0.1) is 5.41 Å². The lowest BCUT2D eigenvalue weighted by molar-refractivity contribution is -0.141. The molecular weight excluding hydrogens is 449 g/mol. The van der Waals surface area contributed by atoms with Crippen molar-refractivity contribution in [3.8, 4) is 17.1 Å². The van der Waals surface area contributed by atoms with Crippen LogP contribution in [0.3, 0.4) is 0 Å². The molecule has 0 amide bonds. The molecule has 1 saturated heterocycles. The fraction of sp³-hybridized carbons (Fsp3) is 0.545. The molecule has 0 atom stereocenters. The molecule has 6 rings (SSSR count). The quantitative estimate of drug-likeness (QED) is 0.599. The average Bonchev–Trinajstić information content (AvgIpc) is 3.22. The molecule has 180 valence electrons. The van der Waals surface area contributed by atoms with Crippen LogP contribution in [0.25, 0.3) is 17.0 Å². The Morgan fingerprint density at radius 2 is 2.00 bits per heavy atom. The van der Waals surface area contributed by atoms with E-state index in [0.29, 0.717) is 35.8 Å². The molecule has 3 aliphatic rings. The predicted molar refractivity (Wildman–Crippen MR) is 119 cm³/mol. The van der Waals surface area contributed by atoms with Gasteiger partial charge in [0.25, 0.3) is 0 Å². The number of pyridine rings is 1. The zero-order chi connectivity index (χ0) is 23.5. The molecule has 1 spiro atoms. The molecular formula is C22H25F3N8O. The van der Waals surface area contributed by atoms with E-state index in [1.54, 1.807) is 0 Å². The molecule has 2 fully saturated rings. The van der Waals surface area contributed by atoms with Gasteiger partial charge >= 0.3 is 6.18 Å². The predicted octanol–water partition coefficient (Wildman–Crippen LogP) is 2.98. The van der Waals surface area contributed by atoms with Crippen LogP contribution >= 0.6 is 0 Å². The number of rotatable bonds is 3. The second kappa shape index (κ2) is 7.69. The summed E-state index contributed by atoms with van der Waals surface area (Å²) in [4.78, 5) is 5.51. The highest BCUT2D eigenvalue weighted by Crippen LogP contribution is 2.50. The Morgan fingerprint density at radius 1 is 1.21 bits per heavy atom. The van der Waals surface area contributed by atoms with Crippen molar-refractivity contribution in [2.75, 3.05) is 43.5 Å². The van der Waals surface area contributed by atoms with E-state index in [-0.39, 0.29) is 17.4 Å². The zero-order valence-corrected chi connectivity index (χ0v) is 18.7. The summed E-state index contributed by atoms with van der Waals surface area (Å²) in [6.07, 6.45) is 1.06. The number of aromatic nitrogens is 5. The summed E-state index contributed by atoms with van der Waals surface area (Å²) in [5.41, 5.74) is 0.804. The maximum Gasteiger partial charge on any atom is 0.433 e. The highest BCUT2D eigenvalue weighted by Gasteiger charge is 2.45. The molecule has 2 aliphatic heterocycles. The number of alkyl halides is 3. The summed E-state index contributed by atoms with van der Waals surface area (Å²) >= 11 is 0. The van der Waals surface area contributed by atoms with Crippen molar-refractivity contribution < 1.29 is 17.9 Å². The normalized spacial score (nSPS) is 20.2. The zero-order valence-electron chi connectivity index (χ0n) is 18.7. The molecule has 1 saturated carbocycles. The highest BCUT2D eigenvalue weighted by molar-refractivity contribution is 5.82. The first-order valence-corrected chi connectivity index (χ1v) is 11.5. The van der Waals surface area contributed by atoms with E-state index in [0.717, 1.165) is 43.9 Å². The maximum atomic E-state index is 13.2. The van der Waals surface area contributed by atoms with Crippen LogP contribution in [0.15, 0.2) is 18.3 Å². The fourth-order valence-corrected chi connectivity index (χ4v) is 5.41. The van der Waals surface area contributed by atoms with Gasteiger partial charge in [-0.3, -0.25) is 4.98 Å². The number of fused-ring (bicyclic) bond motifs is 3. The second-order valence-electron chi connectivity index (χ2n) is 9.48. The lowest BCUT2D eigenvalue weighted by Crippen LogP contribution is -2.50. The van der Waals surface area contributed by atoms with Crippen LogP contribution in [0.1, 0.15) is 31.4 Å². The number of ether oxygens (including phenoxy) is 1. The molecule has 5 heterocycles. The molecule has 3 aromatic heterocycles. The number of piperidine rings is 1. The molecule has 0 radical (unpaired) electrons. The summed E-state index contributed by atoms with van der Waals surface area (Å²) < 4.78 is 47.1. The third-order valence-electron chi connectivity index (χ3n) is 7.21. The Labute approximate surface area is 193 Å². The van der Waals surface area contributed by atoms with Gasteiger partial charge < -0.3 is 20.3 Å². The SMILES string of the molecule is CN1CCOc2c1c(NC1CC3(CCNCC3)C1)nn1c(-c3ccnc(C(F)(F)F)c3)nnc21. The molecule has 12 heteroatoms. The van der Waals surface area contributed by atoms with Crippen molar-refractivity contribution >= 4 is 17.2 Å². The minimum absolute atomic E-state index is 0.203. The molecule has 9 nitrogen and oxygen atoms in total. The largest absolute Gasteiger partial charge is 0.486 e. The van der Waals surface area contributed by atoms with E-state index < -0.39 is 11.9 Å². The average molecular weight is 474 g/mol. The Kier molecular flexibility index (Phi) is 4.84. The summed E-state index contributed by atoms with van der Waals surface area (Å²) in [5, 5.41) is 20.2. The van der Waals surface area contributed by atoms with Crippen molar-refractivity contribution in [1.29, 1.82) is 0 Å². The van der Waals surface area contributed by atoms with Crippen LogP contribution in [-0.4, -0.2) is 64.1 Å². The Morgan fingerprint density at radius 3 is 2.76 bits per heavy atom. The third kappa shape index (κ3) is 3.51. The van der Waals surface area contributed by atoms with Crippen LogP contribution in [0.4, 0.5) is 24.7 Å². The van der Waals surface area contributed by atoms with E-state index in [2.05, 4.69) is 30.7 Å². The minimum atomic E-state index is -4.56. The minimum Gasteiger partial charge on any atom is -0.486 e. The van der Waals surface area contributed by atoms with Gasteiger partial charge in [-0.05, 0) is 56.3 Å². The van der Waals surface area contributed by atoms with Crippen molar-refractivity contribution in [2.45, 2.75) is 37.9 Å². The van der Waals surface area contributed by atoms with Gasteiger partial charge in [0.05, 0.1) is 6.54 Å². The van der Waals surface area contributed by atoms with Gasteiger partial charge in [0.1, 0.15) is 18.0 Å². The molecule has 1 aliphatic carbocycles. The van der Waals surface area contributed by atoms with Gasteiger partial charge in [0.2, 0.25) is 5.65 Å². The van der Waals surface area contributed by atoms with Crippen molar-refractivity contribution in [3.05, 3.63) is 24.0 Å². The van der Waals surface area contributed by atoms with Crippen LogP contribution in [0.2, 0.25) is 0 Å². The summed E-state index contributed by atoms with van der Waals surface area (Å²) in [6.45, 7) is 3.27. The first-order chi connectivity index (χ1) is 16.3. The molecule has 0 bridgehead atoms. The fourth-order valence-electron chi connectivity index (χ4n) is 5.41. The van der Waals surface area contributed by atoms with Gasteiger partial charge in [-0.15, -0.1) is 15.3 Å². The number of likely N-dealkylation sites (N-methyl/N-ethyl adjacent to an activating group) is 1. The molecule has 34 heavy (non-hydrogen) atoms. The third-order valence-corrected chi connectivity index (χ3v) is 7.21. The standard InChI is InChI=1S/C22H25F3N8O/c1-32-8-9-34-17-16(32)18(28-14-11-21(12-14)3-6-26-7-4-21)31-33-19(29-30-20(17)33)13-2-5-27-15(10-13)22(23,24)25/h2,5,10,14,26H,3-4,6-9,11-12H2,1H3,(H,28,31). The number of nitrogens with one attached hydrogen (secondary N) is 2. The second-order valence-corrected chi connectivity index (χ2v) is 9.48. The van der Waals surface area contributed by atoms with E-state index in [4.69, 9.17) is 9.84 Å². The highest BCUT2D eigenvalue weighted by atomic mass is 19.4. The monoisotopic (exact) mass is 474 g/mol. The van der Waals surface area contributed by atoms with Gasteiger partial charge in [0, 0.05) is 24.8 Å². The number of nitrogens with zero attached hydrogens (tertiary/aromatic N) is 6. The van der Waals surface area contributed by atoms with Crippen molar-refractivity contribution in [2.24, 2.45) is 5.41 Å². The van der Waals surface area contributed by atoms with Crippen LogP contribution in [0.5, 0.6) is 5.75 Å². The van der Waals surface area contributed by atoms with Gasteiger partial charge in [-0.1, -0.05) is 0 Å². The van der Waals surface area contributed by atoms with Crippen molar-refractivity contribution in [1.82, 2.24) is 30.1 Å². The molecule has 3 aromatic rings. The van der Waals surface area contributed by atoms with Crippen LogP contribution < -0.4 is 20.3 Å². The smallest absolute Gasteiger partial charge is 0.433 e. The summed E-state index contributed by atoms with van der Waals surface area (Å²) in [7, 11) is 1.97. The van der Waals surface area contributed by atoms with E-state index in [9.17, 15) is 13.2 Å². The Balaban J connectivity index is 1.40. The van der Waals surface area contributed by atoms with Crippen LogP contribution in [-0.2, 0) is 6.18 Å². The van der Waals surface area contributed by atoms with Crippen molar-refractivity contribution in [3.63, 3.8) is 0 Å².